The molecule has 134 valence electrons. The minimum atomic E-state index is -0.851. The molecule has 5 rings (SSSR count). The van der Waals surface area contributed by atoms with Gasteiger partial charge in [0.2, 0.25) is 0 Å². The molecule has 1 saturated carbocycles. The van der Waals surface area contributed by atoms with Crippen molar-refractivity contribution in [1.29, 1.82) is 0 Å². The Bertz CT molecular complexity index is 1130. The first-order chi connectivity index (χ1) is 13.2. The van der Waals surface area contributed by atoms with Gasteiger partial charge in [0.05, 0.1) is 6.54 Å². The minimum absolute atomic E-state index is 0.178. The summed E-state index contributed by atoms with van der Waals surface area (Å²) in [6.07, 6.45) is 9.70. The Balaban J connectivity index is 1.58. The summed E-state index contributed by atoms with van der Waals surface area (Å²) in [5, 5.41) is 0.883. The summed E-state index contributed by atoms with van der Waals surface area (Å²) in [4.78, 5) is 13.5. The van der Waals surface area contributed by atoms with Gasteiger partial charge in [-0.15, -0.1) is 0 Å². The first kappa shape index (κ1) is 16.1. The van der Waals surface area contributed by atoms with Crippen LogP contribution in [-0.2, 0) is 6.54 Å². The second kappa shape index (κ2) is 6.23. The van der Waals surface area contributed by atoms with Crippen molar-refractivity contribution < 1.29 is 8.78 Å². The normalized spacial score (nSPS) is 14.0. The summed E-state index contributed by atoms with van der Waals surface area (Å²) >= 11 is 0. The van der Waals surface area contributed by atoms with E-state index >= 15 is 0 Å². The highest BCUT2D eigenvalue weighted by molar-refractivity contribution is 5.92. The van der Waals surface area contributed by atoms with Crippen LogP contribution in [0.25, 0.3) is 22.4 Å². The van der Waals surface area contributed by atoms with E-state index in [-0.39, 0.29) is 12.1 Å². The summed E-state index contributed by atoms with van der Waals surface area (Å²) in [5.74, 6) is -0.480. The van der Waals surface area contributed by atoms with E-state index in [1.54, 1.807) is 16.8 Å². The third-order valence-corrected chi connectivity index (χ3v) is 4.97. The van der Waals surface area contributed by atoms with Crippen LogP contribution in [-0.4, -0.2) is 19.5 Å². The fourth-order valence-electron chi connectivity index (χ4n) is 3.38. The molecule has 0 atom stereocenters. The van der Waals surface area contributed by atoms with E-state index < -0.39 is 11.6 Å². The van der Waals surface area contributed by atoms with Gasteiger partial charge < -0.3 is 4.57 Å². The zero-order valence-corrected chi connectivity index (χ0v) is 14.4. The van der Waals surface area contributed by atoms with E-state index in [1.807, 2.05) is 30.7 Å². The summed E-state index contributed by atoms with van der Waals surface area (Å²) in [5.41, 5.74) is 2.96. The molecule has 6 heteroatoms. The van der Waals surface area contributed by atoms with Crippen molar-refractivity contribution in [3.8, 4) is 11.4 Å². The molecule has 1 aliphatic carbocycles. The fourth-order valence-corrected chi connectivity index (χ4v) is 3.38. The maximum Gasteiger partial charge on any atom is 0.163 e. The Hall–Kier alpha value is -3.15. The van der Waals surface area contributed by atoms with Crippen LogP contribution in [0.4, 0.5) is 8.78 Å². The van der Waals surface area contributed by atoms with Crippen LogP contribution < -0.4 is 0 Å². The summed E-state index contributed by atoms with van der Waals surface area (Å²) in [6, 6.07) is 7.98. The van der Waals surface area contributed by atoms with Gasteiger partial charge in [-0.05, 0) is 42.5 Å². The van der Waals surface area contributed by atoms with E-state index in [0.717, 1.165) is 17.0 Å². The largest absolute Gasteiger partial charge is 0.327 e. The second-order valence-corrected chi connectivity index (χ2v) is 6.87. The molecular weight excluding hydrogens is 346 g/mol. The van der Waals surface area contributed by atoms with Crippen molar-refractivity contribution in [2.24, 2.45) is 0 Å². The zero-order valence-electron chi connectivity index (χ0n) is 14.4. The SMILES string of the molecule is Fc1cccc(Cn2cc(-c3ncc(C4CC4)cn3)c3cccnc32)c1F. The average molecular weight is 362 g/mol. The monoisotopic (exact) mass is 362 g/mol. The zero-order chi connectivity index (χ0) is 18.4. The Morgan fingerprint density at radius 3 is 2.59 bits per heavy atom. The lowest BCUT2D eigenvalue weighted by atomic mass is 10.2. The smallest absolute Gasteiger partial charge is 0.163 e. The van der Waals surface area contributed by atoms with Gasteiger partial charge in [0, 0.05) is 41.3 Å². The van der Waals surface area contributed by atoms with Crippen LogP contribution in [0, 0.1) is 11.6 Å². The first-order valence-electron chi connectivity index (χ1n) is 8.90. The van der Waals surface area contributed by atoms with Crippen molar-refractivity contribution in [2.45, 2.75) is 25.3 Å². The van der Waals surface area contributed by atoms with Gasteiger partial charge in [-0.3, -0.25) is 0 Å². The molecule has 4 aromatic rings. The molecule has 1 fully saturated rings. The number of hydrogen-bond acceptors (Lipinski definition) is 3. The third kappa shape index (κ3) is 2.87. The number of rotatable bonds is 4. The molecule has 0 unspecified atom stereocenters. The topological polar surface area (TPSA) is 43.6 Å². The predicted molar refractivity (Wildman–Crippen MR) is 98.2 cm³/mol. The lowest BCUT2D eigenvalue weighted by Gasteiger charge is -2.06. The van der Waals surface area contributed by atoms with Gasteiger partial charge in [-0.2, -0.15) is 0 Å². The van der Waals surface area contributed by atoms with Gasteiger partial charge >= 0.3 is 0 Å². The van der Waals surface area contributed by atoms with Crippen LogP contribution in [0.15, 0.2) is 55.1 Å². The van der Waals surface area contributed by atoms with E-state index in [2.05, 4.69) is 15.0 Å². The minimum Gasteiger partial charge on any atom is -0.327 e. The van der Waals surface area contributed by atoms with Crippen LogP contribution in [0.1, 0.15) is 29.9 Å². The predicted octanol–water partition coefficient (Wildman–Crippen LogP) is 4.70. The number of halogens is 2. The maximum atomic E-state index is 14.1. The molecule has 3 heterocycles. The Morgan fingerprint density at radius 1 is 1.00 bits per heavy atom. The molecule has 1 aromatic carbocycles. The average Bonchev–Trinajstić information content (AvgIpc) is 3.49. The molecule has 3 aromatic heterocycles. The lowest BCUT2D eigenvalue weighted by Crippen LogP contribution is -2.03. The quantitative estimate of drug-likeness (QED) is 0.529. The summed E-state index contributed by atoms with van der Waals surface area (Å²) < 4.78 is 29.5. The van der Waals surface area contributed by atoms with E-state index in [9.17, 15) is 8.78 Å². The van der Waals surface area contributed by atoms with Crippen molar-refractivity contribution in [3.05, 3.63) is 77.9 Å². The van der Waals surface area contributed by atoms with Crippen molar-refractivity contribution in [3.63, 3.8) is 0 Å². The van der Waals surface area contributed by atoms with Gasteiger partial charge in [-0.25, -0.2) is 23.7 Å². The molecule has 27 heavy (non-hydrogen) atoms. The van der Waals surface area contributed by atoms with E-state index in [0.29, 0.717) is 17.4 Å². The van der Waals surface area contributed by atoms with Crippen LogP contribution in [0.2, 0.25) is 0 Å². The van der Waals surface area contributed by atoms with Crippen LogP contribution in [0.5, 0.6) is 0 Å². The standard InChI is InChI=1S/C21H16F2N4/c22-18-5-1-3-14(19(18)23)11-27-12-17(16-4-2-8-24-21(16)27)20-25-9-15(10-26-20)13-6-7-13/h1-5,8-10,12-13H,6-7,11H2. The molecule has 1 aliphatic rings. The van der Waals surface area contributed by atoms with Gasteiger partial charge in [0.15, 0.2) is 17.5 Å². The van der Waals surface area contributed by atoms with E-state index in [1.165, 1.54) is 24.5 Å². The highest BCUT2D eigenvalue weighted by atomic mass is 19.2. The molecule has 0 N–H and O–H groups in total. The Kier molecular flexibility index (Phi) is 3.70. The highest BCUT2D eigenvalue weighted by Crippen LogP contribution is 2.39. The first-order valence-corrected chi connectivity index (χ1v) is 8.90. The molecule has 4 nitrogen and oxygen atoms in total. The third-order valence-electron chi connectivity index (χ3n) is 4.97. The fraction of sp³-hybridized carbons (Fsp3) is 0.190. The van der Waals surface area contributed by atoms with Gasteiger partial charge in [0.25, 0.3) is 0 Å². The molecule has 0 bridgehead atoms. The number of aromatic nitrogens is 4. The van der Waals surface area contributed by atoms with Crippen molar-refractivity contribution in [1.82, 2.24) is 19.5 Å². The van der Waals surface area contributed by atoms with Crippen LogP contribution >= 0.6 is 0 Å². The van der Waals surface area contributed by atoms with Gasteiger partial charge in [-0.1, -0.05) is 12.1 Å². The number of pyridine rings is 1. The van der Waals surface area contributed by atoms with Crippen molar-refractivity contribution in [2.75, 3.05) is 0 Å². The molecule has 0 amide bonds. The Labute approximate surface area is 154 Å². The summed E-state index contributed by atoms with van der Waals surface area (Å²) in [6.45, 7) is 0.178. The number of nitrogens with zero attached hydrogens (tertiary/aromatic N) is 4. The van der Waals surface area contributed by atoms with E-state index in [4.69, 9.17) is 0 Å². The van der Waals surface area contributed by atoms with Crippen molar-refractivity contribution >= 4 is 11.0 Å². The maximum absolute atomic E-state index is 14.1. The summed E-state index contributed by atoms with van der Waals surface area (Å²) in [7, 11) is 0. The molecule has 0 aliphatic heterocycles. The molecule has 0 spiro atoms. The van der Waals surface area contributed by atoms with Gasteiger partial charge in [0.1, 0.15) is 5.65 Å². The number of hydrogen-bond donors (Lipinski definition) is 0. The molecule has 0 saturated heterocycles. The lowest BCUT2D eigenvalue weighted by molar-refractivity contribution is 0.496. The Morgan fingerprint density at radius 2 is 1.81 bits per heavy atom. The number of fused-ring (bicyclic) bond motifs is 1. The molecular formula is C21H16F2N4. The second-order valence-electron chi connectivity index (χ2n) is 6.87. The number of benzene rings is 1. The van der Waals surface area contributed by atoms with Crippen LogP contribution in [0.3, 0.4) is 0 Å². The highest BCUT2D eigenvalue weighted by Gasteiger charge is 2.24. The molecule has 0 radical (unpaired) electrons.